The molecule has 2 aliphatic heterocycles. The van der Waals surface area contributed by atoms with E-state index in [1.165, 1.54) is 136 Å². The summed E-state index contributed by atoms with van der Waals surface area (Å²) in [6, 6.07) is 9.01. The monoisotopic (exact) mass is 676 g/mol. The second-order valence-electron chi connectivity index (χ2n) is 16.4. The van der Waals surface area contributed by atoms with Gasteiger partial charge in [0.2, 0.25) is 0 Å². The molecule has 0 N–H and O–H groups in total. The lowest BCUT2D eigenvalue weighted by Crippen LogP contribution is -2.54. The summed E-state index contributed by atoms with van der Waals surface area (Å²) >= 11 is 0. The van der Waals surface area contributed by atoms with E-state index in [2.05, 4.69) is 81.3 Å². The number of aliphatic imine (C=N–C) groups is 1. The molecule has 0 unspecified atom stereocenters. The van der Waals surface area contributed by atoms with Crippen LogP contribution in [0.2, 0.25) is 0 Å². The maximum absolute atomic E-state index is 5.03. The molecule has 5 aliphatic rings. The summed E-state index contributed by atoms with van der Waals surface area (Å²) in [6.45, 7) is 23.2. The number of rotatable bonds is 12. The molecule has 0 aromatic carbocycles. The fourth-order valence-electron chi connectivity index (χ4n) is 8.88. The van der Waals surface area contributed by atoms with Crippen molar-refractivity contribution in [3.63, 3.8) is 0 Å². The van der Waals surface area contributed by atoms with E-state index < -0.39 is 0 Å². The standard InChI is InChI=1S/C35H46N4.C10H19N/c1-4-27-16-17-32(37-24(27)2)29-12-10-26(11-13-29)23-39(25(3)28-8-6-5-7-9-28)35-22-31(20-21-36-35)34-19-18-33(38-34)30-14-15-30;1-5-10(6-2)7-11(8-10)9(3)4/h16-17,19-22,26,28-30H,3-15,18,23H2,1-2H3;3,5-8H2,1-2,4H3. The number of likely N-dealkylation sites (tertiary alicyclic amines) is 1. The van der Waals surface area contributed by atoms with Gasteiger partial charge >= 0.3 is 0 Å². The molecule has 0 radical (unpaired) electrons. The minimum atomic E-state index is 0.579. The number of nitrogens with zero attached hydrogens (tertiary/aromatic N) is 5. The Morgan fingerprint density at radius 1 is 0.900 bits per heavy atom. The molecule has 270 valence electrons. The quantitative estimate of drug-likeness (QED) is 0.225. The molecule has 3 saturated carbocycles. The number of aromatic nitrogens is 2. The summed E-state index contributed by atoms with van der Waals surface area (Å²) in [5.74, 6) is 3.63. The van der Waals surface area contributed by atoms with Crippen molar-refractivity contribution < 1.29 is 0 Å². The second kappa shape index (κ2) is 16.4. The molecule has 0 amide bonds. The zero-order chi connectivity index (χ0) is 35.3. The third-order valence-corrected chi connectivity index (χ3v) is 13.0. The summed E-state index contributed by atoms with van der Waals surface area (Å²) in [7, 11) is 0. The van der Waals surface area contributed by atoms with Crippen molar-refractivity contribution in [1.29, 1.82) is 0 Å². The van der Waals surface area contributed by atoms with E-state index >= 15 is 0 Å². The summed E-state index contributed by atoms with van der Waals surface area (Å²) < 4.78 is 0. The van der Waals surface area contributed by atoms with Gasteiger partial charge in [-0.05, 0) is 126 Å². The van der Waals surface area contributed by atoms with E-state index in [1.807, 2.05) is 6.20 Å². The molecule has 7 rings (SSSR count). The maximum Gasteiger partial charge on any atom is 0.133 e. The molecular weight excluding hydrogens is 611 g/mol. The molecule has 5 nitrogen and oxygen atoms in total. The van der Waals surface area contributed by atoms with Crippen LogP contribution in [0.1, 0.15) is 146 Å². The molecule has 0 bridgehead atoms. The average Bonchev–Trinajstić information content (AvgIpc) is 3.87. The second-order valence-corrected chi connectivity index (χ2v) is 16.4. The van der Waals surface area contributed by atoms with Gasteiger partial charge in [0.15, 0.2) is 0 Å². The highest BCUT2D eigenvalue weighted by Gasteiger charge is 2.39. The number of hydrogen-bond donors (Lipinski definition) is 0. The molecule has 50 heavy (non-hydrogen) atoms. The van der Waals surface area contributed by atoms with Gasteiger partial charge in [-0.1, -0.05) is 65.3 Å². The smallest absolute Gasteiger partial charge is 0.133 e. The van der Waals surface area contributed by atoms with Crippen molar-refractivity contribution >= 4 is 17.2 Å². The zero-order valence-electron chi connectivity index (χ0n) is 32.2. The Bertz CT molecular complexity index is 1540. The van der Waals surface area contributed by atoms with Crippen LogP contribution in [0.5, 0.6) is 0 Å². The Hall–Kier alpha value is -3.21. The number of allylic oxidation sites excluding steroid dienone is 3. The van der Waals surface area contributed by atoms with Gasteiger partial charge in [0.05, 0.1) is 5.70 Å². The largest absolute Gasteiger partial charge is 0.374 e. The Balaban J connectivity index is 0.000000336. The van der Waals surface area contributed by atoms with Crippen molar-refractivity contribution in [2.45, 2.75) is 137 Å². The van der Waals surface area contributed by atoms with E-state index in [0.29, 0.717) is 23.2 Å². The fourth-order valence-corrected chi connectivity index (χ4v) is 8.88. The number of anilines is 1. The molecule has 0 atom stereocenters. The van der Waals surface area contributed by atoms with Crippen LogP contribution in [0.4, 0.5) is 5.82 Å². The molecule has 1 saturated heterocycles. The van der Waals surface area contributed by atoms with Crippen LogP contribution in [0.25, 0.3) is 5.70 Å². The van der Waals surface area contributed by atoms with Crippen LogP contribution in [-0.4, -0.2) is 40.2 Å². The summed E-state index contributed by atoms with van der Waals surface area (Å²) in [5, 5.41) is 0. The van der Waals surface area contributed by atoms with Crippen LogP contribution in [0.3, 0.4) is 0 Å². The summed E-state index contributed by atoms with van der Waals surface area (Å²) in [6.07, 6.45) is 23.1. The Morgan fingerprint density at radius 2 is 1.60 bits per heavy atom. The Morgan fingerprint density at radius 3 is 2.22 bits per heavy atom. The van der Waals surface area contributed by atoms with Crippen LogP contribution in [-0.2, 0) is 6.42 Å². The molecule has 2 aromatic heterocycles. The maximum atomic E-state index is 5.03. The highest BCUT2D eigenvalue weighted by molar-refractivity contribution is 5.98. The lowest BCUT2D eigenvalue weighted by Gasteiger charge is -2.51. The van der Waals surface area contributed by atoms with Crippen molar-refractivity contribution in [3.05, 3.63) is 83.6 Å². The zero-order valence-corrected chi connectivity index (χ0v) is 32.2. The van der Waals surface area contributed by atoms with Gasteiger partial charge in [-0.3, -0.25) is 9.98 Å². The first-order valence-corrected chi connectivity index (χ1v) is 20.3. The van der Waals surface area contributed by atoms with E-state index in [4.69, 9.17) is 21.5 Å². The van der Waals surface area contributed by atoms with Gasteiger partial charge < -0.3 is 9.80 Å². The van der Waals surface area contributed by atoms with Crippen LogP contribution in [0, 0.1) is 30.1 Å². The van der Waals surface area contributed by atoms with Gasteiger partial charge in [-0.15, -0.1) is 0 Å². The minimum Gasteiger partial charge on any atom is -0.374 e. The lowest BCUT2D eigenvalue weighted by molar-refractivity contribution is 0.0224. The molecular formula is C45H65N5. The SMILES string of the molecule is C=C(C)N1CC(CC)(CC)C1.C=C(C1CCCCC1)N(CC1CCC(c2ccc(CC)c(C)n2)CC1)c1cc(C2=CCC(C3CC3)=N2)ccn1. The first-order valence-electron chi connectivity index (χ1n) is 20.3. The number of aryl methyl sites for hydroxylation is 2. The Labute approximate surface area is 304 Å². The average molecular weight is 676 g/mol. The van der Waals surface area contributed by atoms with Gasteiger partial charge in [-0.25, -0.2) is 4.98 Å². The fraction of sp³-hybridized carbons (Fsp3) is 0.622. The van der Waals surface area contributed by atoms with Crippen molar-refractivity contribution in [1.82, 2.24) is 14.9 Å². The first-order chi connectivity index (χ1) is 24.2. The van der Waals surface area contributed by atoms with Gasteiger partial charge in [0.25, 0.3) is 0 Å². The molecule has 4 heterocycles. The van der Waals surface area contributed by atoms with Gasteiger partial charge in [0.1, 0.15) is 5.82 Å². The van der Waals surface area contributed by atoms with E-state index in [-0.39, 0.29) is 0 Å². The van der Waals surface area contributed by atoms with Crippen molar-refractivity contribution in [2.75, 3.05) is 24.5 Å². The third kappa shape index (κ3) is 8.62. The predicted octanol–water partition coefficient (Wildman–Crippen LogP) is 11.5. The predicted molar refractivity (Wildman–Crippen MR) is 213 cm³/mol. The molecule has 2 aromatic rings. The molecule has 4 fully saturated rings. The van der Waals surface area contributed by atoms with Gasteiger partial charge in [-0.2, -0.15) is 0 Å². The van der Waals surface area contributed by atoms with Gasteiger partial charge in [0, 0.05) is 77.6 Å². The molecule has 5 heteroatoms. The normalized spacial score (nSPS) is 23.3. The topological polar surface area (TPSA) is 44.6 Å². The minimum absolute atomic E-state index is 0.579. The molecule has 0 spiro atoms. The highest BCUT2D eigenvalue weighted by Crippen LogP contribution is 2.41. The Kier molecular flexibility index (Phi) is 12.0. The first kappa shape index (κ1) is 36.6. The number of hydrogen-bond acceptors (Lipinski definition) is 5. The number of pyridine rings is 2. The summed E-state index contributed by atoms with van der Waals surface area (Å²) in [5.41, 5.74) is 10.8. The van der Waals surface area contributed by atoms with Crippen LogP contribution < -0.4 is 4.90 Å². The van der Waals surface area contributed by atoms with E-state index in [0.717, 1.165) is 36.8 Å². The lowest BCUT2D eigenvalue weighted by atomic mass is 9.75. The van der Waals surface area contributed by atoms with Crippen molar-refractivity contribution in [3.8, 4) is 0 Å². The third-order valence-electron chi connectivity index (χ3n) is 13.0. The van der Waals surface area contributed by atoms with Crippen LogP contribution >= 0.6 is 0 Å². The van der Waals surface area contributed by atoms with Crippen molar-refractivity contribution in [2.24, 2.45) is 28.2 Å². The summed E-state index contributed by atoms with van der Waals surface area (Å²) in [4.78, 5) is 19.8. The molecule has 3 aliphatic carbocycles. The van der Waals surface area contributed by atoms with E-state index in [9.17, 15) is 0 Å². The highest BCUT2D eigenvalue weighted by atomic mass is 15.2. The van der Waals surface area contributed by atoms with Crippen LogP contribution in [0.15, 0.2) is 66.1 Å². The van der Waals surface area contributed by atoms with E-state index in [1.54, 1.807) is 0 Å².